The molecule has 0 spiro atoms. The number of anilines is 1. The maximum atomic E-state index is 11.9. The number of urea groups is 1. The highest BCUT2D eigenvalue weighted by atomic mass is 16.5. The summed E-state index contributed by atoms with van der Waals surface area (Å²) in [7, 11) is 1.61. The molecule has 2 rings (SSSR count). The fourth-order valence-electron chi connectivity index (χ4n) is 2.19. The third-order valence-electron chi connectivity index (χ3n) is 3.31. The number of nitrogens with one attached hydrogen (secondary N) is 2. The Morgan fingerprint density at radius 2 is 1.78 bits per heavy atom. The number of methoxy groups -OCH3 is 1. The minimum atomic E-state index is -0.588. The molecule has 0 saturated carbocycles. The largest absolute Gasteiger partial charge is 0.496 e. The molecule has 3 amide bonds. The van der Waals surface area contributed by atoms with Gasteiger partial charge in [0.05, 0.1) is 18.4 Å². The molecule has 0 unspecified atom stereocenters. The Bertz CT molecular complexity index is 701. The number of carbonyl (C=O) groups excluding carboxylic acids is 2. The Balaban J connectivity index is 1.90. The van der Waals surface area contributed by atoms with Crippen molar-refractivity contribution in [3.63, 3.8) is 0 Å². The van der Waals surface area contributed by atoms with Crippen LogP contribution in [0.5, 0.6) is 5.75 Å². The molecule has 0 atom stereocenters. The number of nitrogens with two attached hydrogens (primary N) is 1. The van der Waals surface area contributed by atoms with E-state index in [1.165, 1.54) is 0 Å². The fraction of sp³-hybridized carbons (Fsp3) is 0.176. The first-order valence-electron chi connectivity index (χ1n) is 7.17. The van der Waals surface area contributed by atoms with Crippen molar-refractivity contribution in [3.8, 4) is 5.75 Å². The maximum Gasteiger partial charge on any atom is 0.319 e. The van der Waals surface area contributed by atoms with E-state index in [1.807, 2.05) is 24.3 Å². The number of ether oxygens (including phenoxy) is 1. The van der Waals surface area contributed by atoms with Crippen LogP contribution in [0, 0.1) is 0 Å². The van der Waals surface area contributed by atoms with Crippen molar-refractivity contribution in [2.75, 3.05) is 19.0 Å². The number of hydrogen-bond donors (Lipinski definition) is 3. The summed E-state index contributed by atoms with van der Waals surface area (Å²) in [4.78, 5) is 23.2. The van der Waals surface area contributed by atoms with Crippen LogP contribution in [0.4, 0.5) is 10.5 Å². The second kappa shape index (κ2) is 7.84. The van der Waals surface area contributed by atoms with E-state index in [0.29, 0.717) is 18.7 Å². The SMILES string of the molecule is COc1ccccc1CCNC(=O)Nc1ccccc1C(N)=O. The summed E-state index contributed by atoms with van der Waals surface area (Å²) in [5, 5.41) is 5.36. The molecule has 6 nitrogen and oxygen atoms in total. The van der Waals surface area contributed by atoms with Gasteiger partial charge in [0.2, 0.25) is 0 Å². The van der Waals surface area contributed by atoms with Crippen LogP contribution in [0.1, 0.15) is 15.9 Å². The van der Waals surface area contributed by atoms with Crippen molar-refractivity contribution in [1.29, 1.82) is 0 Å². The van der Waals surface area contributed by atoms with Gasteiger partial charge in [-0.3, -0.25) is 4.79 Å². The summed E-state index contributed by atoms with van der Waals surface area (Å²) in [6.45, 7) is 0.435. The highest BCUT2D eigenvalue weighted by Crippen LogP contribution is 2.17. The Kier molecular flexibility index (Phi) is 5.57. The first-order valence-corrected chi connectivity index (χ1v) is 7.17. The predicted octanol–water partition coefficient (Wildman–Crippen LogP) is 2.16. The van der Waals surface area contributed by atoms with Gasteiger partial charge in [-0.05, 0) is 30.2 Å². The molecule has 6 heteroatoms. The molecule has 0 radical (unpaired) electrons. The van der Waals surface area contributed by atoms with Crippen molar-refractivity contribution in [1.82, 2.24) is 5.32 Å². The molecule has 2 aromatic carbocycles. The third kappa shape index (κ3) is 4.47. The van der Waals surface area contributed by atoms with Gasteiger partial charge in [0.15, 0.2) is 0 Å². The van der Waals surface area contributed by atoms with E-state index in [4.69, 9.17) is 10.5 Å². The Hall–Kier alpha value is -3.02. The van der Waals surface area contributed by atoms with Gasteiger partial charge in [-0.2, -0.15) is 0 Å². The van der Waals surface area contributed by atoms with E-state index < -0.39 is 11.9 Å². The molecular weight excluding hydrogens is 294 g/mol. The fourth-order valence-corrected chi connectivity index (χ4v) is 2.19. The number of carbonyl (C=O) groups is 2. The lowest BCUT2D eigenvalue weighted by atomic mass is 10.1. The molecule has 0 aromatic heterocycles. The van der Waals surface area contributed by atoms with Crippen LogP contribution in [0.25, 0.3) is 0 Å². The third-order valence-corrected chi connectivity index (χ3v) is 3.31. The monoisotopic (exact) mass is 313 g/mol. The van der Waals surface area contributed by atoms with Crippen LogP contribution < -0.4 is 21.1 Å². The molecule has 0 bridgehead atoms. The van der Waals surface area contributed by atoms with E-state index in [2.05, 4.69) is 10.6 Å². The summed E-state index contributed by atoms with van der Waals surface area (Å²) < 4.78 is 5.26. The van der Waals surface area contributed by atoms with Crippen molar-refractivity contribution in [3.05, 3.63) is 59.7 Å². The first-order chi connectivity index (χ1) is 11.1. The summed E-state index contributed by atoms with van der Waals surface area (Å²) in [6, 6.07) is 13.8. The lowest BCUT2D eigenvalue weighted by molar-refractivity contribution is 0.100. The van der Waals surface area contributed by atoms with Gasteiger partial charge in [-0.15, -0.1) is 0 Å². The van der Waals surface area contributed by atoms with Gasteiger partial charge in [0.25, 0.3) is 5.91 Å². The Morgan fingerprint density at radius 1 is 1.09 bits per heavy atom. The molecule has 4 N–H and O–H groups in total. The zero-order valence-corrected chi connectivity index (χ0v) is 12.8. The maximum absolute atomic E-state index is 11.9. The van der Waals surface area contributed by atoms with Crippen molar-refractivity contribution < 1.29 is 14.3 Å². The minimum absolute atomic E-state index is 0.271. The molecule has 0 saturated heterocycles. The number of primary amides is 1. The van der Waals surface area contributed by atoms with Crippen molar-refractivity contribution in [2.45, 2.75) is 6.42 Å². The summed E-state index contributed by atoms with van der Waals surface area (Å²) >= 11 is 0. The zero-order chi connectivity index (χ0) is 16.7. The van der Waals surface area contributed by atoms with Crippen LogP contribution >= 0.6 is 0 Å². The summed E-state index contributed by atoms with van der Waals surface area (Å²) in [5.41, 5.74) is 6.94. The van der Waals surface area contributed by atoms with Crippen LogP contribution in [0.3, 0.4) is 0 Å². The Morgan fingerprint density at radius 3 is 2.52 bits per heavy atom. The molecule has 0 heterocycles. The van der Waals surface area contributed by atoms with E-state index >= 15 is 0 Å². The number of hydrogen-bond acceptors (Lipinski definition) is 3. The smallest absolute Gasteiger partial charge is 0.319 e. The molecule has 23 heavy (non-hydrogen) atoms. The minimum Gasteiger partial charge on any atom is -0.496 e. The van der Waals surface area contributed by atoms with Gasteiger partial charge in [-0.25, -0.2) is 4.79 Å². The van der Waals surface area contributed by atoms with Gasteiger partial charge in [-0.1, -0.05) is 30.3 Å². The molecule has 0 aliphatic heterocycles. The van der Waals surface area contributed by atoms with Crippen LogP contribution in [0.15, 0.2) is 48.5 Å². The average Bonchev–Trinajstić information content (AvgIpc) is 2.55. The number of benzene rings is 2. The summed E-state index contributed by atoms with van der Waals surface area (Å²) in [5.74, 6) is 0.198. The highest BCUT2D eigenvalue weighted by Gasteiger charge is 2.10. The van der Waals surface area contributed by atoms with Crippen LogP contribution in [-0.2, 0) is 6.42 Å². The molecule has 0 aliphatic carbocycles. The molecular formula is C17H19N3O3. The molecule has 0 aliphatic rings. The number of amides is 3. The quantitative estimate of drug-likeness (QED) is 0.763. The van der Waals surface area contributed by atoms with E-state index in [0.717, 1.165) is 11.3 Å². The lowest BCUT2D eigenvalue weighted by Gasteiger charge is -2.11. The second-order valence-corrected chi connectivity index (χ2v) is 4.85. The number of rotatable bonds is 6. The van der Waals surface area contributed by atoms with E-state index in [1.54, 1.807) is 31.4 Å². The predicted molar refractivity (Wildman–Crippen MR) is 88.7 cm³/mol. The van der Waals surface area contributed by atoms with Crippen molar-refractivity contribution in [2.24, 2.45) is 5.73 Å². The van der Waals surface area contributed by atoms with Gasteiger partial charge < -0.3 is 21.1 Å². The highest BCUT2D eigenvalue weighted by molar-refractivity contribution is 6.02. The van der Waals surface area contributed by atoms with Gasteiger partial charge in [0.1, 0.15) is 5.75 Å². The Labute approximate surface area is 134 Å². The average molecular weight is 313 g/mol. The van der Waals surface area contributed by atoms with Crippen LogP contribution in [0.2, 0.25) is 0 Å². The topological polar surface area (TPSA) is 93.4 Å². The van der Waals surface area contributed by atoms with E-state index in [-0.39, 0.29) is 5.56 Å². The number of para-hydroxylation sites is 2. The molecule has 2 aromatic rings. The second-order valence-electron chi connectivity index (χ2n) is 4.85. The van der Waals surface area contributed by atoms with Crippen LogP contribution in [-0.4, -0.2) is 25.6 Å². The van der Waals surface area contributed by atoms with Gasteiger partial charge in [0, 0.05) is 6.54 Å². The van der Waals surface area contributed by atoms with Crippen molar-refractivity contribution >= 4 is 17.6 Å². The van der Waals surface area contributed by atoms with E-state index in [9.17, 15) is 9.59 Å². The summed E-state index contributed by atoms with van der Waals surface area (Å²) in [6.07, 6.45) is 0.634. The van der Waals surface area contributed by atoms with Gasteiger partial charge >= 0.3 is 6.03 Å². The normalized spacial score (nSPS) is 9.96. The zero-order valence-electron chi connectivity index (χ0n) is 12.8. The first kappa shape index (κ1) is 16.4. The molecule has 120 valence electrons. The standard InChI is InChI=1S/C17H19N3O3/c1-23-15-9-5-2-6-12(15)10-11-19-17(22)20-14-8-4-3-7-13(14)16(18)21/h2-9H,10-11H2,1H3,(H2,18,21)(H2,19,20,22). The molecule has 0 fully saturated rings. The lowest BCUT2D eigenvalue weighted by Crippen LogP contribution is -2.31.